The van der Waals surface area contributed by atoms with Gasteiger partial charge in [0.05, 0.1) is 12.6 Å². The molecule has 0 radical (unpaired) electrons. The molecule has 0 saturated carbocycles. The number of nitrogens with zero attached hydrogens (tertiary/aromatic N) is 5. The first-order valence-electron chi connectivity index (χ1n) is 9.24. The molecule has 7 heteroatoms. The number of amides is 1. The molecule has 0 unspecified atom stereocenters. The van der Waals surface area contributed by atoms with Crippen LogP contribution >= 0.6 is 0 Å². The Hall–Kier alpha value is -2.25. The van der Waals surface area contributed by atoms with Crippen LogP contribution < -0.4 is 5.32 Å². The van der Waals surface area contributed by atoms with Crippen LogP contribution in [0.3, 0.4) is 0 Å². The Balaban J connectivity index is 1.48. The summed E-state index contributed by atoms with van der Waals surface area (Å²) >= 11 is 0. The highest BCUT2D eigenvalue weighted by molar-refractivity contribution is 5.81. The Morgan fingerprint density at radius 1 is 1.19 bits per heavy atom. The molecule has 1 atom stereocenters. The fraction of sp³-hybridized carbons (Fsp3) is 0.526. The minimum atomic E-state index is -0.121. The third kappa shape index (κ3) is 4.89. The minimum absolute atomic E-state index is 0.0483. The third-order valence-electron chi connectivity index (χ3n) is 5.07. The molecule has 140 valence electrons. The van der Waals surface area contributed by atoms with E-state index in [4.69, 9.17) is 0 Å². The van der Waals surface area contributed by atoms with Crippen molar-refractivity contribution in [1.82, 2.24) is 29.9 Å². The van der Waals surface area contributed by atoms with Crippen LogP contribution in [0.4, 0.5) is 0 Å². The van der Waals surface area contributed by atoms with Gasteiger partial charge in [0.15, 0.2) is 5.82 Å². The van der Waals surface area contributed by atoms with E-state index in [0.717, 1.165) is 45.0 Å². The van der Waals surface area contributed by atoms with Crippen LogP contribution in [-0.4, -0.2) is 69.7 Å². The summed E-state index contributed by atoms with van der Waals surface area (Å²) in [5.41, 5.74) is 1.28. The highest BCUT2D eigenvalue weighted by atomic mass is 16.2. The number of nitrogens with one attached hydrogen (secondary N) is 1. The predicted molar refractivity (Wildman–Crippen MR) is 101 cm³/mol. The number of rotatable bonds is 7. The fourth-order valence-corrected chi connectivity index (χ4v) is 3.19. The molecule has 1 aromatic heterocycles. The topological polar surface area (TPSA) is 66.3 Å². The van der Waals surface area contributed by atoms with Gasteiger partial charge in [-0.05, 0) is 26.0 Å². The van der Waals surface area contributed by atoms with Crippen LogP contribution in [-0.2, 0) is 24.3 Å². The van der Waals surface area contributed by atoms with Crippen molar-refractivity contribution in [3.63, 3.8) is 0 Å². The first-order chi connectivity index (χ1) is 12.6. The molecular formula is C19H28N6O. The summed E-state index contributed by atoms with van der Waals surface area (Å²) in [6, 6.07) is 10.2. The zero-order valence-corrected chi connectivity index (χ0v) is 15.6. The molecule has 1 saturated heterocycles. The summed E-state index contributed by atoms with van der Waals surface area (Å²) < 4.78 is 2.01. The number of aryl methyl sites for hydroxylation is 2. The SMILES string of the molecule is C[C@@H](C(=O)NCc1nncn1CCc1ccccc1)N1CCN(C)CC1. The third-order valence-corrected chi connectivity index (χ3v) is 5.07. The summed E-state index contributed by atoms with van der Waals surface area (Å²) in [6.45, 7) is 7.05. The van der Waals surface area contributed by atoms with Crippen LogP contribution in [0.25, 0.3) is 0 Å². The lowest BCUT2D eigenvalue weighted by atomic mass is 10.1. The van der Waals surface area contributed by atoms with Gasteiger partial charge < -0.3 is 14.8 Å². The standard InChI is InChI=1S/C19H28N6O/c1-16(24-12-10-23(2)11-13-24)19(26)20-14-18-22-21-15-25(18)9-8-17-6-4-3-5-7-17/h3-7,15-16H,8-14H2,1-2H3,(H,20,26)/t16-/m0/s1. The number of benzene rings is 1. The molecule has 2 heterocycles. The van der Waals surface area contributed by atoms with Gasteiger partial charge in [0.2, 0.25) is 5.91 Å². The first-order valence-corrected chi connectivity index (χ1v) is 9.24. The van der Waals surface area contributed by atoms with Crippen molar-refractivity contribution in [2.75, 3.05) is 33.2 Å². The summed E-state index contributed by atoms with van der Waals surface area (Å²) in [5, 5.41) is 11.2. The van der Waals surface area contributed by atoms with Crippen LogP contribution in [0, 0.1) is 0 Å². The summed E-state index contributed by atoms with van der Waals surface area (Å²) in [5.74, 6) is 0.840. The van der Waals surface area contributed by atoms with E-state index in [1.807, 2.05) is 29.7 Å². The zero-order chi connectivity index (χ0) is 18.4. The van der Waals surface area contributed by atoms with Gasteiger partial charge >= 0.3 is 0 Å². The van der Waals surface area contributed by atoms with Crippen molar-refractivity contribution in [3.8, 4) is 0 Å². The van der Waals surface area contributed by atoms with E-state index in [-0.39, 0.29) is 11.9 Å². The molecule has 2 aromatic rings. The molecule has 0 spiro atoms. The van der Waals surface area contributed by atoms with E-state index >= 15 is 0 Å². The predicted octanol–water partition coefficient (Wildman–Crippen LogP) is 0.773. The smallest absolute Gasteiger partial charge is 0.237 e. The maximum Gasteiger partial charge on any atom is 0.237 e. The van der Waals surface area contributed by atoms with Gasteiger partial charge in [-0.15, -0.1) is 10.2 Å². The molecule has 3 rings (SSSR count). The Morgan fingerprint density at radius 2 is 1.92 bits per heavy atom. The number of carbonyl (C=O) groups excluding carboxylic acids is 1. The Kier molecular flexibility index (Phi) is 6.35. The highest BCUT2D eigenvalue weighted by Gasteiger charge is 2.24. The second-order valence-corrected chi connectivity index (χ2v) is 6.91. The molecule has 7 nitrogen and oxygen atoms in total. The molecule has 1 aliphatic rings. The van der Waals surface area contributed by atoms with Crippen molar-refractivity contribution in [2.45, 2.75) is 32.5 Å². The van der Waals surface area contributed by atoms with Gasteiger partial charge in [0.25, 0.3) is 0 Å². The van der Waals surface area contributed by atoms with Crippen LogP contribution in [0.1, 0.15) is 18.3 Å². The zero-order valence-electron chi connectivity index (χ0n) is 15.6. The summed E-state index contributed by atoms with van der Waals surface area (Å²) in [4.78, 5) is 17.0. The van der Waals surface area contributed by atoms with Crippen LogP contribution in [0.5, 0.6) is 0 Å². The molecule has 1 aromatic carbocycles. The van der Waals surface area contributed by atoms with Gasteiger partial charge in [-0.25, -0.2) is 0 Å². The fourth-order valence-electron chi connectivity index (χ4n) is 3.19. The second kappa shape index (κ2) is 8.91. The molecule has 1 fully saturated rings. The van der Waals surface area contributed by atoms with E-state index in [1.54, 1.807) is 6.33 Å². The lowest BCUT2D eigenvalue weighted by molar-refractivity contribution is -0.126. The number of piperazine rings is 1. The Bertz CT molecular complexity index is 693. The molecule has 1 amide bonds. The summed E-state index contributed by atoms with van der Waals surface area (Å²) in [6.07, 6.45) is 2.64. The molecule has 0 aliphatic carbocycles. The Labute approximate surface area is 155 Å². The highest BCUT2D eigenvalue weighted by Crippen LogP contribution is 2.06. The van der Waals surface area contributed by atoms with E-state index in [9.17, 15) is 4.79 Å². The molecule has 1 aliphatic heterocycles. The molecule has 0 bridgehead atoms. The number of hydrogen-bond donors (Lipinski definition) is 1. The maximum atomic E-state index is 12.5. The lowest BCUT2D eigenvalue weighted by Crippen LogP contribution is -2.52. The maximum absolute atomic E-state index is 12.5. The number of aromatic nitrogens is 3. The molecule has 1 N–H and O–H groups in total. The van der Waals surface area contributed by atoms with Gasteiger partial charge in [-0.3, -0.25) is 9.69 Å². The minimum Gasteiger partial charge on any atom is -0.347 e. The molecule has 26 heavy (non-hydrogen) atoms. The van der Waals surface area contributed by atoms with Crippen LogP contribution in [0.2, 0.25) is 0 Å². The van der Waals surface area contributed by atoms with E-state index in [2.05, 4.69) is 44.5 Å². The van der Waals surface area contributed by atoms with Crippen molar-refractivity contribution in [2.24, 2.45) is 0 Å². The number of likely N-dealkylation sites (N-methyl/N-ethyl adjacent to an activating group) is 1. The normalized spacial score (nSPS) is 17.2. The second-order valence-electron chi connectivity index (χ2n) is 6.91. The number of carbonyl (C=O) groups is 1. The monoisotopic (exact) mass is 356 g/mol. The van der Waals surface area contributed by atoms with Crippen LogP contribution in [0.15, 0.2) is 36.7 Å². The largest absolute Gasteiger partial charge is 0.347 e. The van der Waals surface area contributed by atoms with Crippen molar-refractivity contribution in [1.29, 1.82) is 0 Å². The van der Waals surface area contributed by atoms with Crippen molar-refractivity contribution in [3.05, 3.63) is 48.0 Å². The lowest BCUT2D eigenvalue weighted by Gasteiger charge is -2.35. The quantitative estimate of drug-likeness (QED) is 0.794. The Morgan fingerprint density at radius 3 is 2.65 bits per heavy atom. The van der Waals surface area contributed by atoms with Crippen molar-refractivity contribution >= 4 is 5.91 Å². The first kappa shape index (κ1) is 18.5. The van der Waals surface area contributed by atoms with Gasteiger partial charge in [0.1, 0.15) is 6.33 Å². The van der Waals surface area contributed by atoms with Gasteiger partial charge in [-0.2, -0.15) is 0 Å². The molecular weight excluding hydrogens is 328 g/mol. The van der Waals surface area contributed by atoms with E-state index in [0.29, 0.717) is 6.54 Å². The van der Waals surface area contributed by atoms with Gasteiger partial charge in [-0.1, -0.05) is 30.3 Å². The average molecular weight is 356 g/mol. The number of hydrogen-bond acceptors (Lipinski definition) is 5. The van der Waals surface area contributed by atoms with Crippen molar-refractivity contribution < 1.29 is 4.79 Å². The van der Waals surface area contributed by atoms with Gasteiger partial charge in [0, 0.05) is 32.7 Å². The average Bonchev–Trinajstić information content (AvgIpc) is 3.12. The van der Waals surface area contributed by atoms with E-state index < -0.39 is 0 Å². The summed E-state index contributed by atoms with van der Waals surface area (Å²) in [7, 11) is 2.12. The van der Waals surface area contributed by atoms with E-state index in [1.165, 1.54) is 5.56 Å².